The molecule has 1 heterocycles. The number of hydrogen-bond acceptors (Lipinski definition) is 2. The lowest BCUT2D eigenvalue weighted by atomic mass is 9.97. The summed E-state index contributed by atoms with van der Waals surface area (Å²) in [5, 5.41) is 8.12. The van der Waals surface area contributed by atoms with E-state index in [2.05, 4.69) is 76.9 Å². The highest BCUT2D eigenvalue weighted by Crippen LogP contribution is 2.31. The summed E-state index contributed by atoms with van der Waals surface area (Å²) in [6, 6.07) is 6.82. The van der Waals surface area contributed by atoms with Crippen LogP contribution in [0.5, 0.6) is 0 Å². The summed E-state index contributed by atoms with van der Waals surface area (Å²) in [4.78, 5) is 0. The van der Waals surface area contributed by atoms with Gasteiger partial charge in [-0.2, -0.15) is 5.10 Å². The number of aromatic nitrogens is 2. The van der Waals surface area contributed by atoms with Gasteiger partial charge in [0, 0.05) is 6.54 Å². The zero-order valence-electron chi connectivity index (χ0n) is 13.3. The lowest BCUT2D eigenvalue weighted by Gasteiger charge is -2.22. The summed E-state index contributed by atoms with van der Waals surface area (Å²) >= 11 is 3.67. The molecule has 0 radical (unpaired) electrons. The van der Waals surface area contributed by atoms with Crippen LogP contribution in [-0.2, 0) is 6.54 Å². The molecule has 0 aliphatic rings. The molecule has 3 nitrogen and oxygen atoms in total. The highest BCUT2D eigenvalue weighted by atomic mass is 79.9. The molecule has 0 saturated carbocycles. The molecule has 1 aromatic carbocycles. The molecule has 1 unspecified atom stereocenters. The highest BCUT2D eigenvalue weighted by Gasteiger charge is 2.22. The number of hydrogen-bond donors (Lipinski definition) is 1. The van der Waals surface area contributed by atoms with Crippen molar-refractivity contribution in [2.75, 3.05) is 6.54 Å². The Morgan fingerprint density at radius 1 is 1.29 bits per heavy atom. The van der Waals surface area contributed by atoms with Crippen molar-refractivity contribution in [1.82, 2.24) is 15.1 Å². The average molecular weight is 350 g/mol. The minimum Gasteiger partial charge on any atom is -0.305 e. The molecule has 0 bridgehead atoms. The van der Waals surface area contributed by atoms with Crippen LogP contribution in [0.4, 0.5) is 0 Å². The summed E-state index contributed by atoms with van der Waals surface area (Å²) in [7, 11) is 0. The second kappa shape index (κ2) is 7.23. The molecule has 1 aromatic heterocycles. The Balaban J connectivity index is 2.50. The van der Waals surface area contributed by atoms with Crippen molar-refractivity contribution < 1.29 is 0 Å². The average Bonchev–Trinajstić information content (AvgIpc) is 2.79. The van der Waals surface area contributed by atoms with E-state index in [1.165, 1.54) is 22.4 Å². The minimum absolute atomic E-state index is 0.166. The van der Waals surface area contributed by atoms with E-state index in [0.717, 1.165) is 24.0 Å². The maximum atomic E-state index is 4.51. The van der Waals surface area contributed by atoms with Crippen molar-refractivity contribution in [1.29, 1.82) is 0 Å². The summed E-state index contributed by atoms with van der Waals surface area (Å²) in [5.74, 6) is 0. The number of halogens is 1. The van der Waals surface area contributed by atoms with Crippen molar-refractivity contribution in [2.24, 2.45) is 0 Å². The van der Waals surface area contributed by atoms with Crippen LogP contribution in [0, 0.1) is 13.8 Å². The van der Waals surface area contributed by atoms with Gasteiger partial charge in [-0.25, -0.2) is 0 Å². The number of nitrogens with zero attached hydrogens (tertiary/aromatic N) is 2. The third-order valence-electron chi connectivity index (χ3n) is 3.69. The molecule has 1 N–H and O–H groups in total. The van der Waals surface area contributed by atoms with Gasteiger partial charge < -0.3 is 5.32 Å². The molecule has 0 aliphatic carbocycles. The molecular weight excluding hydrogens is 326 g/mol. The van der Waals surface area contributed by atoms with Gasteiger partial charge in [0.2, 0.25) is 0 Å². The lowest BCUT2D eigenvalue weighted by molar-refractivity contribution is 0.518. The van der Waals surface area contributed by atoms with E-state index in [-0.39, 0.29) is 6.04 Å². The van der Waals surface area contributed by atoms with E-state index in [4.69, 9.17) is 0 Å². The molecule has 1 atom stereocenters. The number of nitrogens with one attached hydrogen (secondary N) is 1. The van der Waals surface area contributed by atoms with E-state index >= 15 is 0 Å². The first-order chi connectivity index (χ1) is 10.1. The van der Waals surface area contributed by atoms with Gasteiger partial charge >= 0.3 is 0 Å². The topological polar surface area (TPSA) is 29.9 Å². The predicted molar refractivity (Wildman–Crippen MR) is 91.7 cm³/mol. The lowest BCUT2D eigenvalue weighted by Crippen LogP contribution is -2.26. The van der Waals surface area contributed by atoms with E-state index < -0.39 is 0 Å². The minimum atomic E-state index is 0.166. The van der Waals surface area contributed by atoms with Gasteiger partial charge in [0.25, 0.3) is 0 Å². The van der Waals surface area contributed by atoms with Crippen molar-refractivity contribution in [3.8, 4) is 0 Å². The van der Waals surface area contributed by atoms with Crippen LogP contribution < -0.4 is 5.32 Å². The molecule has 2 aromatic rings. The van der Waals surface area contributed by atoms with Gasteiger partial charge in [-0.15, -0.1) is 0 Å². The quantitative estimate of drug-likeness (QED) is 0.838. The van der Waals surface area contributed by atoms with Crippen molar-refractivity contribution >= 4 is 15.9 Å². The maximum absolute atomic E-state index is 4.51. The van der Waals surface area contributed by atoms with Crippen LogP contribution in [-0.4, -0.2) is 16.3 Å². The normalized spacial score (nSPS) is 12.6. The first kappa shape index (κ1) is 16.2. The Labute approximate surface area is 135 Å². The summed E-state index contributed by atoms with van der Waals surface area (Å²) in [5.41, 5.74) is 5.15. The molecule has 0 fully saturated rings. The monoisotopic (exact) mass is 349 g/mol. The van der Waals surface area contributed by atoms with Crippen LogP contribution in [0.2, 0.25) is 0 Å². The molecule has 114 valence electrons. The fourth-order valence-corrected chi connectivity index (χ4v) is 3.28. The molecule has 0 amide bonds. The molecule has 4 heteroatoms. The molecule has 0 saturated heterocycles. The Kier molecular flexibility index (Phi) is 5.59. The van der Waals surface area contributed by atoms with Crippen LogP contribution >= 0.6 is 15.9 Å². The van der Waals surface area contributed by atoms with Gasteiger partial charge in [0.05, 0.1) is 22.4 Å². The smallest absolute Gasteiger partial charge is 0.0762 e. The number of aryl methyl sites for hydroxylation is 3. The van der Waals surface area contributed by atoms with Gasteiger partial charge in [-0.1, -0.05) is 37.6 Å². The van der Waals surface area contributed by atoms with Crippen LogP contribution in [0.3, 0.4) is 0 Å². The Morgan fingerprint density at radius 3 is 2.67 bits per heavy atom. The standard InChI is InChI=1S/C17H24BrN3/c1-5-9-21-17(15(18)11-20-21)16(19-6-2)14-8-7-12(3)10-13(14)4/h7-8,10-11,16,19H,5-6,9H2,1-4H3. The van der Waals surface area contributed by atoms with Crippen molar-refractivity contribution in [3.63, 3.8) is 0 Å². The first-order valence-electron chi connectivity index (χ1n) is 7.60. The zero-order chi connectivity index (χ0) is 15.4. The number of rotatable bonds is 6. The number of benzene rings is 1. The fraction of sp³-hybridized carbons (Fsp3) is 0.471. The summed E-state index contributed by atoms with van der Waals surface area (Å²) in [6.45, 7) is 10.5. The van der Waals surface area contributed by atoms with Crippen LogP contribution in [0.1, 0.15) is 48.7 Å². The van der Waals surface area contributed by atoms with E-state index in [1.54, 1.807) is 0 Å². The van der Waals surface area contributed by atoms with Gasteiger partial charge in [-0.05, 0) is 53.9 Å². The fourth-order valence-electron chi connectivity index (χ4n) is 2.76. The largest absolute Gasteiger partial charge is 0.305 e. The molecule has 2 rings (SSSR count). The third-order valence-corrected chi connectivity index (χ3v) is 4.30. The van der Waals surface area contributed by atoms with Gasteiger partial charge in [0.15, 0.2) is 0 Å². The first-order valence-corrected chi connectivity index (χ1v) is 8.39. The maximum Gasteiger partial charge on any atom is 0.0762 e. The Morgan fingerprint density at radius 2 is 2.05 bits per heavy atom. The second-order valence-corrected chi connectivity index (χ2v) is 6.31. The van der Waals surface area contributed by atoms with E-state index in [1.807, 2.05) is 6.20 Å². The molecule has 0 aliphatic heterocycles. The van der Waals surface area contributed by atoms with Crippen LogP contribution in [0.25, 0.3) is 0 Å². The van der Waals surface area contributed by atoms with Crippen molar-refractivity contribution in [3.05, 3.63) is 51.3 Å². The zero-order valence-corrected chi connectivity index (χ0v) is 14.9. The van der Waals surface area contributed by atoms with Crippen molar-refractivity contribution in [2.45, 2.75) is 46.7 Å². The molecule has 21 heavy (non-hydrogen) atoms. The Bertz CT molecular complexity index is 604. The summed E-state index contributed by atoms with van der Waals surface area (Å²) in [6.07, 6.45) is 2.98. The third kappa shape index (κ3) is 3.55. The van der Waals surface area contributed by atoms with E-state index in [9.17, 15) is 0 Å². The van der Waals surface area contributed by atoms with Gasteiger partial charge in [-0.3, -0.25) is 4.68 Å². The Hall–Kier alpha value is -1.13. The molecular formula is C17H24BrN3. The second-order valence-electron chi connectivity index (χ2n) is 5.45. The SMILES string of the molecule is CCCn1ncc(Br)c1C(NCC)c1ccc(C)cc1C. The molecule has 0 spiro atoms. The van der Waals surface area contributed by atoms with E-state index in [0.29, 0.717) is 0 Å². The summed E-state index contributed by atoms with van der Waals surface area (Å²) < 4.78 is 3.18. The highest BCUT2D eigenvalue weighted by molar-refractivity contribution is 9.10. The van der Waals surface area contributed by atoms with Gasteiger partial charge in [0.1, 0.15) is 0 Å². The predicted octanol–water partition coefficient (Wildman–Crippen LogP) is 4.37. The van der Waals surface area contributed by atoms with Crippen LogP contribution in [0.15, 0.2) is 28.9 Å².